The molecule has 1 saturated heterocycles. The minimum Gasteiger partial charge on any atom is -0.374 e. The molecule has 0 spiro atoms. The summed E-state index contributed by atoms with van der Waals surface area (Å²) in [6.45, 7) is 9.08. The number of hydrogen-bond acceptors (Lipinski definition) is 4. The van der Waals surface area contributed by atoms with Gasteiger partial charge in [0.1, 0.15) is 5.82 Å². The Balaban J connectivity index is 1.84. The van der Waals surface area contributed by atoms with Crippen molar-refractivity contribution in [1.29, 1.82) is 0 Å². The van der Waals surface area contributed by atoms with Crippen molar-refractivity contribution < 1.29 is 4.74 Å². The van der Waals surface area contributed by atoms with Gasteiger partial charge in [0, 0.05) is 25.8 Å². The van der Waals surface area contributed by atoms with Gasteiger partial charge in [-0.3, -0.25) is 4.90 Å². The molecular weight excluding hydrogens is 214 g/mol. The van der Waals surface area contributed by atoms with Gasteiger partial charge in [0.05, 0.1) is 12.7 Å². The van der Waals surface area contributed by atoms with Crippen LogP contribution in [0.2, 0.25) is 0 Å². The Morgan fingerprint density at radius 2 is 2.47 bits per heavy atom. The van der Waals surface area contributed by atoms with E-state index in [1.54, 1.807) is 0 Å². The van der Waals surface area contributed by atoms with E-state index in [-0.39, 0.29) is 6.10 Å². The number of nitrogens with one attached hydrogen (secondary N) is 1. The zero-order valence-corrected chi connectivity index (χ0v) is 10.6. The van der Waals surface area contributed by atoms with Crippen LogP contribution in [0.5, 0.6) is 0 Å². The number of pyridine rings is 1. The van der Waals surface area contributed by atoms with Crippen molar-refractivity contribution in [1.82, 2.24) is 9.88 Å². The fourth-order valence-electron chi connectivity index (χ4n) is 2.07. The average molecular weight is 235 g/mol. The van der Waals surface area contributed by atoms with Crippen LogP contribution in [0.4, 0.5) is 5.82 Å². The van der Waals surface area contributed by atoms with E-state index >= 15 is 0 Å². The van der Waals surface area contributed by atoms with E-state index < -0.39 is 0 Å². The highest BCUT2D eigenvalue weighted by Gasteiger charge is 2.18. The zero-order chi connectivity index (χ0) is 12.1. The molecule has 4 heteroatoms. The summed E-state index contributed by atoms with van der Waals surface area (Å²) in [5, 5.41) is 3.36. The van der Waals surface area contributed by atoms with Crippen LogP contribution in [0.3, 0.4) is 0 Å². The van der Waals surface area contributed by atoms with Crippen LogP contribution in [0.1, 0.15) is 12.5 Å². The van der Waals surface area contributed by atoms with Crippen LogP contribution in [0.15, 0.2) is 18.3 Å². The van der Waals surface area contributed by atoms with Crippen LogP contribution in [-0.4, -0.2) is 48.8 Å². The van der Waals surface area contributed by atoms with E-state index in [0.717, 1.165) is 38.6 Å². The third kappa shape index (κ3) is 3.41. The maximum atomic E-state index is 5.74. The lowest BCUT2D eigenvalue weighted by atomic mass is 10.2. The van der Waals surface area contributed by atoms with Crippen LogP contribution in [-0.2, 0) is 4.74 Å². The first-order chi connectivity index (χ1) is 8.29. The Kier molecular flexibility index (Phi) is 4.34. The van der Waals surface area contributed by atoms with Crippen LogP contribution in [0.25, 0.3) is 0 Å². The number of aromatic nitrogens is 1. The molecule has 1 aromatic rings. The molecule has 0 aliphatic carbocycles. The first kappa shape index (κ1) is 12.3. The smallest absolute Gasteiger partial charge is 0.128 e. The summed E-state index contributed by atoms with van der Waals surface area (Å²) in [6, 6.07) is 4.02. The predicted octanol–water partition coefficient (Wildman–Crippen LogP) is 1.52. The number of likely N-dealkylation sites (N-methyl/N-ethyl adjacent to an activating group) is 1. The van der Waals surface area contributed by atoms with Crippen molar-refractivity contribution in [2.45, 2.75) is 20.0 Å². The van der Waals surface area contributed by atoms with E-state index in [2.05, 4.69) is 35.1 Å². The van der Waals surface area contributed by atoms with Gasteiger partial charge in [-0.2, -0.15) is 0 Å². The van der Waals surface area contributed by atoms with Gasteiger partial charge in [-0.25, -0.2) is 4.98 Å². The summed E-state index contributed by atoms with van der Waals surface area (Å²) in [6.07, 6.45) is 2.08. The third-order valence-electron chi connectivity index (χ3n) is 3.18. The van der Waals surface area contributed by atoms with Crippen molar-refractivity contribution in [2.75, 3.05) is 38.1 Å². The van der Waals surface area contributed by atoms with E-state index in [4.69, 9.17) is 4.74 Å². The highest BCUT2D eigenvalue weighted by atomic mass is 16.5. The number of ether oxygens (including phenoxy) is 1. The maximum Gasteiger partial charge on any atom is 0.128 e. The number of nitrogens with zero attached hydrogens (tertiary/aromatic N) is 2. The van der Waals surface area contributed by atoms with Crippen LogP contribution >= 0.6 is 0 Å². The van der Waals surface area contributed by atoms with Gasteiger partial charge < -0.3 is 10.1 Å². The Morgan fingerprint density at radius 3 is 3.24 bits per heavy atom. The normalized spacial score (nSPS) is 21.4. The fraction of sp³-hybridized carbons (Fsp3) is 0.615. The second-order valence-electron chi connectivity index (χ2n) is 4.44. The van der Waals surface area contributed by atoms with Crippen molar-refractivity contribution in [3.63, 3.8) is 0 Å². The summed E-state index contributed by atoms with van der Waals surface area (Å²) in [5.41, 5.74) is 1.18. The molecule has 94 valence electrons. The Bertz CT molecular complexity index is 356. The highest BCUT2D eigenvalue weighted by Crippen LogP contribution is 2.11. The highest BCUT2D eigenvalue weighted by molar-refractivity contribution is 5.42. The molecule has 1 unspecified atom stereocenters. The Labute approximate surface area is 103 Å². The Morgan fingerprint density at radius 1 is 1.59 bits per heavy atom. The molecule has 4 nitrogen and oxygen atoms in total. The van der Waals surface area contributed by atoms with Gasteiger partial charge in [0.15, 0.2) is 0 Å². The molecule has 0 bridgehead atoms. The number of anilines is 1. The summed E-state index contributed by atoms with van der Waals surface area (Å²) < 4.78 is 5.74. The summed E-state index contributed by atoms with van der Waals surface area (Å²) in [5.74, 6) is 0.963. The van der Waals surface area contributed by atoms with Crippen LogP contribution < -0.4 is 5.32 Å². The second-order valence-corrected chi connectivity index (χ2v) is 4.44. The van der Waals surface area contributed by atoms with Crippen LogP contribution in [0, 0.1) is 6.92 Å². The molecule has 0 amide bonds. The molecule has 0 radical (unpaired) electrons. The topological polar surface area (TPSA) is 37.4 Å². The lowest BCUT2D eigenvalue weighted by molar-refractivity contribution is -0.0192. The molecule has 0 aromatic carbocycles. The standard InChI is InChI=1S/C13H21N3O/c1-3-16-7-8-17-12(10-16)9-15-13-11(2)5-4-6-14-13/h4-6,12H,3,7-10H2,1-2H3,(H,14,15). The molecule has 2 heterocycles. The fourth-order valence-corrected chi connectivity index (χ4v) is 2.07. The minimum absolute atomic E-state index is 0.269. The molecule has 17 heavy (non-hydrogen) atoms. The number of aryl methyl sites for hydroxylation is 1. The molecule has 2 rings (SSSR count). The summed E-state index contributed by atoms with van der Waals surface area (Å²) in [4.78, 5) is 6.74. The maximum absolute atomic E-state index is 5.74. The quantitative estimate of drug-likeness (QED) is 0.858. The summed E-state index contributed by atoms with van der Waals surface area (Å²) in [7, 11) is 0. The van der Waals surface area contributed by atoms with E-state index in [9.17, 15) is 0 Å². The van der Waals surface area contributed by atoms with E-state index in [1.165, 1.54) is 5.56 Å². The predicted molar refractivity (Wildman–Crippen MR) is 69.3 cm³/mol. The van der Waals surface area contributed by atoms with Crippen molar-refractivity contribution in [2.24, 2.45) is 0 Å². The molecule has 1 aliphatic rings. The third-order valence-corrected chi connectivity index (χ3v) is 3.18. The van der Waals surface area contributed by atoms with E-state index in [0.29, 0.717) is 0 Å². The van der Waals surface area contributed by atoms with Crippen molar-refractivity contribution in [3.05, 3.63) is 23.9 Å². The lowest BCUT2D eigenvalue weighted by Gasteiger charge is -2.32. The molecule has 1 atom stereocenters. The monoisotopic (exact) mass is 235 g/mol. The SMILES string of the molecule is CCN1CCOC(CNc2ncccc2C)C1. The molecule has 1 fully saturated rings. The molecule has 1 N–H and O–H groups in total. The largest absolute Gasteiger partial charge is 0.374 e. The molecule has 1 aromatic heterocycles. The lowest BCUT2D eigenvalue weighted by Crippen LogP contribution is -2.45. The molecule has 1 aliphatic heterocycles. The Hall–Kier alpha value is -1.13. The second kappa shape index (κ2) is 5.98. The number of rotatable bonds is 4. The first-order valence-corrected chi connectivity index (χ1v) is 6.29. The first-order valence-electron chi connectivity index (χ1n) is 6.29. The van der Waals surface area contributed by atoms with Crippen molar-refractivity contribution in [3.8, 4) is 0 Å². The minimum atomic E-state index is 0.269. The van der Waals surface area contributed by atoms with Gasteiger partial charge >= 0.3 is 0 Å². The van der Waals surface area contributed by atoms with Gasteiger partial charge in [0.25, 0.3) is 0 Å². The van der Waals surface area contributed by atoms with Gasteiger partial charge in [0.2, 0.25) is 0 Å². The summed E-state index contributed by atoms with van der Waals surface area (Å²) >= 11 is 0. The van der Waals surface area contributed by atoms with Crippen molar-refractivity contribution >= 4 is 5.82 Å². The zero-order valence-electron chi connectivity index (χ0n) is 10.6. The number of hydrogen-bond donors (Lipinski definition) is 1. The van der Waals surface area contributed by atoms with Gasteiger partial charge in [-0.05, 0) is 25.1 Å². The average Bonchev–Trinajstić information content (AvgIpc) is 2.38. The molecular formula is C13H21N3O. The molecule has 0 saturated carbocycles. The van der Waals surface area contributed by atoms with E-state index in [1.807, 2.05) is 12.3 Å². The van der Waals surface area contributed by atoms with Gasteiger partial charge in [-0.15, -0.1) is 0 Å². The number of morpholine rings is 1. The van der Waals surface area contributed by atoms with Gasteiger partial charge in [-0.1, -0.05) is 13.0 Å².